The number of benzene rings is 2. The molecule has 0 radical (unpaired) electrons. The molecule has 1 fully saturated rings. The molecule has 3 aromatic rings. The van der Waals surface area contributed by atoms with Gasteiger partial charge >= 0.3 is 5.97 Å². The lowest BCUT2D eigenvalue weighted by atomic mass is 9.67. The highest BCUT2D eigenvalue weighted by Crippen LogP contribution is 2.42. The molecule has 1 aromatic heterocycles. The zero-order chi connectivity index (χ0) is 20.6. The summed E-state index contributed by atoms with van der Waals surface area (Å²) in [6.45, 7) is 2.04. The first-order valence-electron chi connectivity index (χ1n) is 9.89. The second kappa shape index (κ2) is 7.32. The molecule has 0 atom stereocenters. The summed E-state index contributed by atoms with van der Waals surface area (Å²) in [4.78, 5) is 11.3. The number of fused-ring (bicyclic) bond motifs is 1. The summed E-state index contributed by atoms with van der Waals surface area (Å²) in [5, 5.41) is 25.0. The van der Waals surface area contributed by atoms with E-state index in [4.69, 9.17) is 5.10 Å². The van der Waals surface area contributed by atoms with Crippen LogP contribution in [0.2, 0.25) is 0 Å². The van der Waals surface area contributed by atoms with Crippen LogP contribution in [0, 0.1) is 23.1 Å². The molecule has 29 heavy (non-hydrogen) atoms. The van der Waals surface area contributed by atoms with Gasteiger partial charge in [-0.1, -0.05) is 19.1 Å². The Bertz CT molecular complexity index is 1100. The number of carboxylic acid groups (broad SMARTS) is 1. The second-order valence-corrected chi connectivity index (χ2v) is 7.73. The molecule has 2 aromatic carbocycles. The fourth-order valence-corrected chi connectivity index (χ4v) is 4.34. The number of aryl methyl sites for hydroxylation is 1. The number of rotatable bonds is 4. The molecular weight excluding hydrogens is 369 g/mol. The van der Waals surface area contributed by atoms with Crippen LogP contribution in [0.3, 0.4) is 0 Å². The van der Waals surface area contributed by atoms with Crippen molar-refractivity contribution in [2.24, 2.45) is 5.92 Å². The van der Waals surface area contributed by atoms with Gasteiger partial charge in [-0.15, -0.1) is 0 Å². The van der Waals surface area contributed by atoms with Crippen molar-refractivity contribution in [3.63, 3.8) is 0 Å². The highest BCUT2D eigenvalue weighted by Gasteiger charge is 2.39. The van der Waals surface area contributed by atoms with Crippen LogP contribution in [0.5, 0.6) is 0 Å². The predicted octanol–water partition coefficient (Wildman–Crippen LogP) is 4.76. The highest BCUT2D eigenvalue weighted by atomic mass is 19.1. The van der Waals surface area contributed by atoms with Crippen molar-refractivity contribution in [2.45, 2.75) is 44.4 Å². The number of carboxylic acids is 1. The van der Waals surface area contributed by atoms with E-state index in [0.717, 1.165) is 34.3 Å². The smallest absolute Gasteiger partial charge is 0.306 e. The molecule has 1 aliphatic carbocycles. The second-order valence-electron chi connectivity index (χ2n) is 7.73. The monoisotopic (exact) mass is 391 g/mol. The molecule has 5 nitrogen and oxygen atoms in total. The van der Waals surface area contributed by atoms with E-state index in [-0.39, 0.29) is 11.7 Å². The maximum absolute atomic E-state index is 13.4. The molecular formula is C23H22FN3O2. The Morgan fingerprint density at radius 3 is 2.55 bits per heavy atom. The lowest BCUT2D eigenvalue weighted by Crippen LogP contribution is -2.32. The van der Waals surface area contributed by atoms with Gasteiger partial charge in [0.25, 0.3) is 0 Å². The fraction of sp³-hybridized carbons (Fsp3) is 0.348. The molecule has 1 aliphatic rings. The summed E-state index contributed by atoms with van der Waals surface area (Å²) in [5.41, 5.74) is 2.78. The van der Waals surface area contributed by atoms with Gasteiger partial charge in [0.15, 0.2) is 0 Å². The molecule has 6 heteroatoms. The van der Waals surface area contributed by atoms with Crippen LogP contribution in [0.1, 0.15) is 43.9 Å². The third kappa shape index (κ3) is 3.27. The van der Waals surface area contributed by atoms with E-state index in [1.54, 1.807) is 16.8 Å². The van der Waals surface area contributed by atoms with Crippen LogP contribution in [-0.2, 0) is 16.6 Å². The molecule has 0 aliphatic heterocycles. The van der Waals surface area contributed by atoms with Crippen molar-refractivity contribution >= 4 is 16.9 Å². The van der Waals surface area contributed by atoms with Crippen molar-refractivity contribution < 1.29 is 14.3 Å². The minimum atomic E-state index is -0.783. The van der Waals surface area contributed by atoms with Gasteiger partial charge in [0.1, 0.15) is 5.82 Å². The largest absolute Gasteiger partial charge is 0.481 e. The van der Waals surface area contributed by atoms with Crippen LogP contribution in [-0.4, -0.2) is 20.9 Å². The van der Waals surface area contributed by atoms with E-state index in [1.807, 2.05) is 25.1 Å². The van der Waals surface area contributed by atoms with Gasteiger partial charge in [-0.25, -0.2) is 9.07 Å². The number of hydrogen-bond acceptors (Lipinski definition) is 3. The maximum Gasteiger partial charge on any atom is 0.306 e. The Morgan fingerprint density at radius 2 is 1.97 bits per heavy atom. The Kier molecular flexibility index (Phi) is 4.83. The number of hydrogen-bond donors (Lipinski definition) is 1. The van der Waals surface area contributed by atoms with E-state index >= 15 is 0 Å². The van der Waals surface area contributed by atoms with E-state index in [0.29, 0.717) is 25.7 Å². The number of aliphatic carboxylic acids is 1. The lowest BCUT2D eigenvalue weighted by Gasteiger charge is -2.34. The summed E-state index contributed by atoms with van der Waals surface area (Å²) in [6.07, 6.45) is 2.80. The van der Waals surface area contributed by atoms with Crippen molar-refractivity contribution in [1.29, 1.82) is 5.26 Å². The van der Waals surface area contributed by atoms with Gasteiger partial charge in [-0.3, -0.25) is 4.79 Å². The molecule has 0 amide bonds. The third-order valence-corrected chi connectivity index (χ3v) is 6.12. The van der Waals surface area contributed by atoms with E-state index in [2.05, 4.69) is 6.07 Å². The van der Waals surface area contributed by atoms with Crippen LogP contribution in [0.4, 0.5) is 4.39 Å². The Balaban J connectivity index is 1.81. The Labute approximate surface area is 168 Å². The molecule has 1 saturated carbocycles. The van der Waals surface area contributed by atoms with Gasteiger partial charge in [0.2, 0.25) is 0 Å². The van der Waals surface area contributed by atoms with Crippen molar-refractivity contribution in [3.05, 3.63) is 59.5 Å². The standard InChI is InChI=1S/C23H22FN3O2/c1-2-20-19-8-3-16(23(14-25)11-9-15(10-12-23)22(28)29)13-21(19)27(26-20)18-6-4-17(24)5-7-18/h3-8,13,15H,2,9-12H2,1H3,(H,28,29)/t15-,23+. The third-order valence-electron chi connectivity index (χ3n) is 6.12. The van der Waals surface area contributed by atoms with Gasteiger partial charge in [0, 0.05) is 5.39 Å². The maximum atomic E-state index is 13.4. The van der Waals surface area contributed by atoms with Crippen molar-refractivity contribution in [3.8, 4) is 11.8 Å². The predicted molar refractivity (Wildman–Crippen MR) is 107 cm³/mol. The average molecular weight is 391 g/mol. The Hall–Kier alpha value is -3.20. The van der Waals surface area contributed by atoms with Gasteiger partial charge in [-0.05, 0) is 68.0 Å². The van der Waals surface area contributed by atoms with Crippen LogP contribution in [0.15, 0.2) is 42.5 Å². The minimum Gasteiger partial charge on any atom is -0.481 e. The zero-order valence-electron chi connectivity index (χ0n) is 16.2. The molecule has 0 bridgehead atoms. The van der Waals surface area contributed by atoms with Crippen LogP contribution >= 0.6 is 0 Å². The summed E-state index contributed by atoms with van der Waals surface area (Å²) < 4.78 is 15.2. The molecule has 1 N–H and O–H groups in total. The molecule has 0 unspecified atom stereocenters. The first kappa shape index (κ1) is 19.1. The molecule has 4 rings (SSSR count). The van der Waals surface area contributed by atoms with E-state index < -0.39 is 11.4 Å². The van der Waals surface area contributed by atoms with Gasteiger partial charge in [-0.2, -0.15) is 10.4 Å². The molecule has 148 valence electrons. The number of carbonyl (C=O) groups is 1. The van der Waals surface area contributed by atoms with E-state index in [9.17, 15) is 19.6 Å². The number of aromatic nitrogens is 2. The summed E-state index contributed by atoms with van der Waals surface area (Å²) >= 11 is 0. The number of halogens is 1. The lowest BCUT2D eigenvalue weighted by molar-refractivity contribution is -0.143. The van der Waals surface area contributed by atoms with Crippen LogP contribution in [0.25, 0.3) is 16.6 Å². The first-order chi connectivity index (χ1) is 14.0. The van der Waals surface area contributed by atoms with E-state index in [1.165, 1.54) is 12.1 Å². The summed E-state index contributed by atoms with van der Waals surface area (Å²) in [7, 11) is 0. The SMILES string of the molecule is CCc1nn(-c2ccc(F)cc2)c2cc([C@]3(C#N)CC[C@H](C(=O)O)CC3)ccc12. The fourth-order valence-electron chi connectivity index (χ4n) is 4.34. The van der Waals surface area contributed by atoms with Gasteiger partial charge < -0.3 is 5.11 Å². The zero-order valence-corrected chi connectivity index (χ0v) is 16.2. The average Bonchev–Trinajstić information content (AvgIpc) is 3.12. The topological polar surface area (TPSA) is 78.9 Å². The highest BCUT2D eigenvalue weighted by molar-refractivity contribution is 5.84. The molecule has 0 spiro atoms. The summed E-state index contributed by atoms with van der Waals surface area (Å²) in [6, 6.07) is 14.6. The normalized spacial score (nSPS) is 21.8. The van der Waals surface area contributed by atoms with Crippen molar-refractivity contribution in [2.75, 3.05) is 0 Å². The van der Waals surface area contributed by atoms with Gasteiger partial charge in [0.05, 0.1) is 34.3 Å². The molecule has 0 saturated heterocycles. The summed E-state index contributed by atoms with van der Waals surface area (Å²) in [5.74, 6) is -1.47. The first-order valence-corrected chi connectivity index (χ1v) is 9.89. The quantitative estimate of drug-likeness (QED) is 0.695. The van der Waals surface area contributed by atoms with Crippen molar-refractivity contribution in [1.82, 2.24) is 9.78 Å². The number of nitriles is 1. The Morgan fingerprint density at radius 1 is 1.28 bits per heavy atom. The molecule has 1 heterocycles. The minimum absolute atomic E-state index is 0.305. The number of nitrogens with zero attached hydrogens (tertiary/aromatic N) is 3. The van der Waals surface area contributed by atoms with Crippen LogP contribution < -0.4 is 0 Å².